The Hall–Kier alpha value is -0.450. The molecule has 3 unspecified atom stereocenters. The highest BCUT2D eigenvalue weighted by Crippen LogP contribution is 2.23. The Balaban J connectivity index is 1.86. The van der Waals surface area contributed by atoms with Gasteiger partial charge in [0.15, 0.2) is 0 Å². The van der Waals surface area contributed by atoms with Crippen LogP contribution in [0.4, 0.5) is 0 Å². The molecule has 0 bridgehead atoms. The van der Waals surface area contributed by atoms with Gasteiger partial charge < -0.3 is 10.1 Å². The Morgan fingerprint density at radius 2 is 2.29 bits per heavy atom. The minimum absolute atomic E-state index is 0.353. The van der Waals surface area contributed by atoms with Crippen molar-refractivity contribution in [3.63, 3.8) is 0 Å². The smallest absolute Gasteiger partial charge is 0.109 e. The van der Waals surface area contributed by atoms with Crippen molar-refractivity contribution < 1.29 is 4.74 Å². The zero-order valence-electron chi connectivity index (χ0n) is 10.8. The van der Waals surface area contributed by atoms with E-state index in [2.05, 4.69) is 31.1 Å². The number of thiazole rings is 1. The Bertz CT molecular complexity index is 326. The summed E-state index contributed by atoms with van der Waals surface area (Å²) in [7, 11) is 0. The fourth-order valence-electron chi connectivity index (χ4n) is 2.32. The molecule has 1 fully saturated rings. The maximum atomic E-state index is 5.79. The summed E-state index contributed by atoms with van der Waals surface area (Å²) in [5, 5.41) is 6.89. The third-order valence-corrected chi connectivity index (χ3v) is 4.32. The first kappa shape index (κ1) is 13.0. The molecule has 1 N–H and O–H groups in total. The van der Waals surface area contributed by atoms with Crippen LogP contribution in [0.25, 0.3) is 0 Å². The predicted molar refractivity (Wildman–Crippen MR) is 71.3 cm³/mol. The molecule has 0 spiro atoms. The molecule has 0 radical (unpaired) electrons. The van der Waals surface area contributed by atoms with Crippen LogP contribution in [0.3, 0.4) is 0 Å². The van der Waals surface area contributed by atoms with E-state index < -0.39 is 0 Å². The second-order valence-electron chi connectivity index (χ2n) is 5.13. The number of ether oxygens (including phenoxy) is 1. The van der Waals surface area contributed by atoms with Gasteiger partial charge in [0.25, 0.3) is 0 Å². The van der Waals surface area contributed by atoms with Crippen molar-refractivity contribution in [2.75, 3.05) is 6.61 Å². The van der Waals surface area contributed by atoms with Crippen LogP contribution in [0.1, 0.15) is 44.7 Å². The van der Waals surface area contributed by atoms with Crippen LogP contribution in [0.15, 0.2) is 11.6 Å². The summed E-state index contributed by atoms with van der Waals surface area (Å²) in [6.07, 6.45) is 4.51. The SMILES string of the molecule is CC(NC1CCOC(C(C)C)C1)c1nccs1. The van der Waals surface area contributed by atoms with Gasteiger partial charge in [-0.2, -0.15) is 0 Å². The van der Waals surface area contributed by atoms with Crippen molar-refractivity contribution >= 4 is 11.3 Å². The highest BCUT2D eigenvalue weighted by atomic mass is 32.1. The zero-order valence-corrected chi connectivity index (χ0v) is 11.7. The predicted octanol–water partition coefficient (Wildman–Crippen LogP) is 3.00. The van der Waals surface area contributed by atoms with Gasteiger partial charge in [-0.05, 0) is 25.7 Å². The van der Waals surface area contributed by atoms with E-state index in [-0.39, 0.29) is 0 Å². The highest BCUT2D eigenvalue weighted by molar-refractivity contribution is 7.09. The average Bonchev–Trinajstić information content (AvgIpc) is 2.82. The first-order valence-corrected chi connectivity index (χ1v) is 7.32. The minimum atomic E-state index is 0.353. The second kappa shape index (κ2) is 5.94. The molecule has 1 aromatic heterocycles. The Morgan fingerprint density at radius 3 is 2.94 bits per heavy atom. The summed E-state index contributed by atoms with van der Waals surface area (Å²) in [6.45, 7) is 7.54. The van der Waals surface area contributed by atoms with E-state index in [0.717, 1.165) is 19.4 Å². The molecule has 1 saturated heterocycles. The van der Waals surface area contributed by atoms with Crippen LogP contribution < -0.4 is 5.32 Å². The van der Waals surface area contributed by atoms with Crippen molar-refractivity contribution in [2.24, 2.45) is 5.92 Å². The van der Waals surface area contributed by atoms with Crippen LogP contribution in [0, 0.1) is 5.92 Å². The fraction of sp³-hybridized carbons (Fsp3) is 0.769. The number of rotatable bonds is 4. The van der Waals surface area contributed by atoms with Crippen molar-refractivity contribution in [3.05, 3.63) is 16.6 Å². The highest BCUT2D eigenvalue weighted by Gasteiger charge is 2.26. The maximum absolute atomic E-state index is 5.79. The van der Waals surface area contributed by atoms with E-state index in [9.17, 15) is 0 Å². The number of nitrogens with zero attached hydrogens (tertiary/aromatic N) is 1. The molecule has 2 rings (SSSR count). The van der Waals surface area contributed by atoms with Gasteiger partial charge in [0.1, 0.15) is 5.01 Å². The third kappa shape index (κ3) is 3.50. The van der Waals surface area contributed by atoms with Gasteiger partial charge >= 0.3 is 0 Å². The van der Waals surface area contributed by atoms with E-state index in [4.69, 9.17) is 4.74 Å². The Labute approximate surface area is 108 Å². The molecular weight excluding hydrogens is 232 g/mol. The van der Waals surface area contributed by atoms with Gasteiger partial charge in [0.2, 0.25) is 0 Å². The third-order valence-electron chi connectivity index (χ3n) is 3.37. The van der Waals surface area contributed by atoms with Crippen molar-refractivity contribution in [3.8, 4) is 0 Å². The van der Waals surface area contributed by atoms with E-state index in [1.165, 1.54) is 5.01 Å². The average molecular weight is 254 g/mol. The molecule has 2 heterocycles. The molecule has 3 nitrogen and oxygen atoms in total. The molecule has 1 aliphatic rings. The van der Waals surface area contributed by atoms with E-state index in [0.29, 0.717) is 24.1 Å². The van der Waals surface area contributed by atoms with Crippen molar-refractivity contribution in [1.29, 1.82) is 0 Å². The van der Waals surface area contributed by atoms with E-state index in [1.54, 1.807) is 11.3 Å². The first-order valence-electron chi connectivity index (χ1n) is 6.44. The summed E-state index contributed by atoms with van der Waals surface area (Å²) < 4.78 is 5.79. The molecule has 0 aliphatic carbocycles. The molecular formula is C13H22N2OS. The zero-order chi connectivity index (χ0) is 12.3. The first-order chi connectivity index (χ1) is 8.16. The van der Waals surface area contributed by atoms with Crippen LogP contribution in [0.5, 0.6) is 0 Å². The number of nitrogens with one attached hydrogen (secondary N) is 1. The van der Waals surface area contributed by atoms with E-state index in [1.807, 2.05) is 11.6 Å². The van der Waals surface area contributed by atoms with E-state index >= 15 is 0 Å². The number of hydrogen-bond donors (Lipinski definition) is 1. The van der Waals surface area contributed by atoms with Gasteiger partial charge in [0, 0.05) is 24.2 Å². The monoisotopic (exact) mass is 254 g/mol. The molecule has 3 atom stereocenters. The Kier molecular flexibility index (Phi) is 4.54. The quantitative estimate of drug-likeness (QED) is 0.897. The fourth-order valence-corrected chi connectivity index (χ4v) is 2.97. The number of hydrogen-bond acceptors (Lipinski definition) is 4. The largest absolute Gasteiger partial charge is 0.378 e. The van der Waals surface area contributed by atoms with Gasteiger partial charge in [-0.1, -0.05) is 13.8 Å². The standard InChI is InChI=1S/C13H22N2OS/c1-9(2)12-8-11(4-6-16-12)15-10(3)13-14-5-7-17-13/h5,7,9-12,15H,4,6,8H2,1-3H3. The van der Waals surface area contributed by atoms with Crippen LogP contribution >= 0.6 is 11.3 Å². The molecule has 0 amide bonds. The molecule has 17 heavy (non-hydrogen) atoms. The van der Waals surface area contributed by atoms with Gasteiger partial charge in [0.05, 0.1) is 12.1 Å². The lowest BCUT2D eigenvalue weighted by atomic mass is 9.95. The van der Waals surface area contributed by atoms with Crippen molar-refractivity contribution in [1.82, 2.24) is 10.3 Å². The summed E-state index contributed by atoms with van der Waals surface area (Å²) >= 11 is 1.72. The lowest BCUT2D eigenvalue weighted by molar-refractivity contribution is -0.0257. The lowest BCUT2D eigenvalue weighted by Gasteiger charge is -2.33. The summed E-state index contributed by atoms with van der Waals surface area (Å²) in [5.41, 5.74) is 0. The lowest BCUT2D eigenvalue weighted by Crippen LogP contribution is -2.41. The normalized spacial score (nSPS) is 27.3. The Morgan fingerprint density at radius 1 is 1.47 bits per heavy atom. The minimum Gasteiger partial charge on any atom is -0.378 e. The van der Waals surface area contributed by atoms with Crippen molar-refractivity contribution in [2.45, 2.75) is 51.8 Å². The second-order valence-corrected chi connectivity index (χ2v) is 6.06. The van der Waals surface area contributed by atoms with Crippen LogP contribution in [-0.4, -0.2) is 23.7 Å². The van der Waals surface area contributed by atoms with Crippen LogP contribution in [0.2, 0.25) is 0 Å². The molecule has 4 heteroatoms. The molecule has 1 aliphatic heterocycles. The molecule has 96 valence electrons. The summed E-state index contributed by atoms with van der Waals surface area (Å²) in [5.74, 6) is 0.606. The van der Waals surface area contributed by atoms with Gasteiger partial charge in [-0.25, -0.2) is 4.98 Å². The van der Waals surface area contributed by atoms with Gasteiger partial charge in [-0.15, -0.1) is 11.3 Å². The molecule has 0 aromatic carbocycles. The summed E-state index contributed by atoms with van der Waals surface area (Å²) in [6, 6.07) is 0.918. The topological polar surface area (TPSA) is 34.1 Å². The molecule has 1 aromatic rings. The molecule has 0 saturated carbocycles. The van der Waals surface area contributed by atoms with Gasteiger partial charge in [-0.3, -0.25) is 0 Å². The summed E-state index contributed by atoms with van der Waals surface area (Å²) in [4.78, 5) is 4.36. The maximum Gasteiger partial charge on any atom is 0.109 e. The number of aromatic nitrogens is 1. The van der Waals surface area contributed by atoms with Crippen LogP contribution in [-0.2, 0) is 4.74 Å².